The van der Waals surface area contributed by atoms with Gasteiger partial charge in [0.25, 0.3) is 5.91 Å². The van der Waals surface area contributed by atoms with E-state index in [-0.39, 0.29) is 17.2 Å². The summed E-state index contributed by atoms with van der Waals surface area (Å²) in [4.78, 5) is 28.3. The summed E-state index contributed by atoms with van der Waals surface area (Å²) in [5.74, 6) is -0.877. The highest BCUT2D eigenvalue weighted by Crippen LogP contribution is 2.42. The fourth-order valence-corrected chi connectivity index (χ4v) is 3.90. The second kappa shape index (κ2) is 8.89. The van der Waals surface area contributed by atoms with Gasteiger partial charge in [-0.3, -0.25) is 9.69 Å². The molecule has 4 rings (SSSR count). The van der Waals surface area contributed by atoms with Crippen LogP contribution in [0.1, 0.15) is 22.7 Å². The molecule has 0 saturated heterocycles. The topological polar surface area (TPSA) is 58.6 Å². The lowest BCUT2D eigenvalue weighted by molar-refractivity contribution is -0.136. The number of methoxy groups -OCH3 is 1. The van der Waals surface area contributed by atoms with Crippen molar-refractivity contribution in [2.75, 3.05) is 17.3 Å². The summed E-state index contributed by atoms with van der Waals surface area (Å²) in [5, 5.41) is 3.74. The van der Waals surface area contributed by atoms with Crippen LogP contribution < -0.4 is 10.2 Å². The van der Waals surface area contributed by atoms with Crippen LogP contribution in [-0.4, -0.2) is 19.0 Å². The van der Waals surface area contributed by atoms with Gasteiger partial charge in [-0.25, -0.2) is 4.79 Å². The van der Waals surface area contributed by atoms with Crippen LogP contribution in [0, 0.1) is 13.8 Å². The van der Waals surface area contributed by atoms with Gasteiger partial charge < -0.3 is 10.1 Å². The second-order valence-electron chi connectivity index (χ2n) is 7.74. The van der Waals surface area contributed by atoms with Gasteiger partial charge in [0.15, 0.2) is 0 Å². The Hall–Kier alpha value is -3.57. The SMILES string of the molecule is COC(=O)C1=C(Nc2ccc(C)cc2)C(=O)N(c2ccc(C)cc2)C1c1ccc(Cl)cc1. The molecule has 0 radical (unpaired) electrons. The quantitative estimate of drug-likeness (QED) is 0.519. The predicted octanol–water partition coefficient (Wildman–Crippen LogP) is 5.58. The standard InChI is InChI=1S/C26H23ClN2O3/c1-16-4-12-20(13-5-16)28-23-22(26(31)32-3)24(18-8-10-19(27)11-9-18)29(25(23)30)21-14-6-17(2)7-15-21/h4-15,24,28H,1-3H3. The number of nitrogens with zero attached hydrogens (tertiary/aromatic N) is 1. The minimum atomic E-state index is -0.664. The van der Waals surface area contributed by atoms with Crippen molar-refractivity contribution in [3.63, 3.8) is 0 Å². The van der Waals surface area contributed by atoms with E-state index in [0.717, 1.165) is 16.7 Å². The number of hydrogen-bond acceptors (Lipinski definition) is 4. The Balaban J connectivity index is 1.89. The van der Waals surface area contributed by atoms with Gasteiger partial charge in [0.1, 0.15) is 5.70 Å². The third kappa shape index (κ3) is 4.12. The summed E-state index contributed by atoms with van der Waals surface area (Å²) in [5.41, 5.74) is 4.76. The molecule has 0 aromatic heterocycles. The van der Waals surface area contributed by atoms with Crippen molar-refractivity contribution in [1.82, 2.24) is 0 Å². The molecule has 0 saturated carbocycles. The molecule has 0 fully saturated rings. The van der Waals surface area contributed by atoms with Gasteiger partial charge in [0.05, 0.1) is 18.7 Å². The minimum absolute atomic E-state index is 0.196. The Bertz CT molecular complexity index is 1180. The van der Waals surface area contributed by atoms with Crippen LogP contribution in [-0.2, 0) is 14.3 Å². The highest BCUT2D eigenvalue weighted by molar-refractivity contribution is 6.30. The van der Waals surface area contributed by atoms with E-state index in [1.807, 2.05) is 74.5 Å². The predicted molar refractivity (Wildman–Crippen MR) is 127 cm³/mol. The van der Waals surface area contributed by atoms with Crippen molar-refractivity contribution < 1.29 is 14.3 Å². The zero-order valence-corrected chi connectivity index (χ0v) is 18.8. The number of aryl methyl sites for hydroxylation is 2. The normalized spacial score (nSPS) is 15.8. The molecule has 162 valence electrons. The maximum absolute atomic E-state index is 13.7. The van der Waals surface area contributed by atoms with E-state index < -0.39 is 12.0 Å². The average Bonchev–Trinajstić information content (AvgIpc) is 3.08. The summed E-state index contributed by atoms with van der Waals surface area (Å²) in [6, 6.07) is 21.7. The van der Waals surface area contributed by atoms with Gasteiger partial charge in [-0.2, -0.15) is 0 Å². The molecular formula is C26H23ClN2O3. The molecule has 1 N–H and O–H groups in total. The van der Waals surface area contributed by atoms with Gasteiger partial charge in [-0.1, -0.05) is 59.1 Å². The van der Waals surface area contributed by atoms with E-state index in [1.54, 1.807) is 17.0 Å². The Kier molecular flexibility index (Phi) is 6.01. The van der Waals surface area contributed by atoms with Gasteiger partial charge >= 0.3 is 5.97 Å². The number of benzene rings is 3. The van der Waals surface area contributed by atoms with Gasteiger partial charge in [-0.05, 0) is 55.8 Å². The Morgan fingerprint density at radius 1 is 0.906 bits per heavy atom. The van der Waals surface area contributed by atoms with Gasteiger partial charge in [0, 0.05) is 16.4 Å². The Labute approximate surface area is 192 Å². The van der Waals surface area contributed by atoms with Crippen molar-refractivity contribution >= 4 is 34.9 Å². The lowest BCUT2D eigenvalue weighted by Crippen LogP contribution is -2.31. The maximum Gasteiger partial charge on any atom is 0.338 e. The molecule has 0 bridgehead atoms. The number of ether oxygens (including phenoxy) is 1. The first-order valence-electron chi connectivity index (χ1n) is 10.2. The number of anilines is 2. The molecular weight excluding hydrogens is 424 g/mol. The number of nitrogens with one attached hydrogen (secondary N) is 1. The summed E-state index contributed by atoms with van der Waals surface area (Å²) in [6.45, 7) is 3.97. The fourth-order valence-electron chi connectivity index (χ4n) is 3.78. The monoisotopic (exact) mass is 446 g/mol. The first-order chi connectivity index (χ1) is 15.4. The van der Waals surface area contributed by atoms with Crippen molar-refractivity contribution in [3.05, 3.63) is 106 Å². The molecule has 1 atom stereocenters. The van der Waals surface area contributed by atoms with Crippen LogP contribution in [0.3, 0.4) is 0 Å². The van der Waals surface area contributed by atoms with Crippen molar-refractivity contribution in [3.8, 4) is 0 Å². The number of carbonyl (C=O) groups excluding carboxylic acids is 2. The second-order valence-corrected chi connectivity index (χ2v) is 8.17. The van der Waals surface area contributed by atoms with Crippen LogP contribution in [0.25, 0.3) is 0 Å². The largest absolute Gasteiger partial charge is 0.466 e. The smallest absolute Gasteiger partial charge is 0.338 e. The molecule has 6 heteroatoms. The molecule has 1 heterocycles. The third-order valence-electron chi connectivity index (χ3n) is 5.46. The van der Waals surface area contributed by atoms with E-state index in [9.17, 15) is 9.59 Å². The highest BCUT2D eigenvalue weighted by atomic mass is 35.5. The molecule has 1 aliphatic rings. The van der Waals surface area contributed by atoms with Crippen LogP contribution in [0.5, 0.6) is 0 Å². The van der Waals surface area contributed by atoms with Gasteiger partial charge in [0.2, 0.25) is 0 Å². The maximum atomic E-state index is 13.7. The first kappa shape index (κ1) is 21.7. The molecule has 32 heavy (non-hydrogen) atoms. The first-order valence-corrected chi connectivity index (χ1v) is 10.6. The van der Waals surface area contributed by atoms with E-state index in [0.29, 0.717) is 16.4 Å². The van der Waals surface area contributed by atoms with Crippen LogP contribution in [0.2, 0.25) is 5.02 Å². The van der Waals surface area contributed by atoms with E-state index >= 15 is 0 Å². The number of esters is 1. The number of rotatable bonds is 5. The van der Waals surface area contributed by atoms with E-state index in [1.165, 1.54) is 7.11 Å². The fraction of sp³-hybridized carbons (Fsp3) is 0.154. The lowest BCUT2D eigenvalue weighted by Gasteiger charge is -2.27. The van der Waals surface area contributed by atoms with Crippen LogP contribution in [0.15, 0.2) is 84.1 Å². The molecule has 3 aromatic rings. The highest BCUT2D eigenvalue weighted by Gasteiger charge is 2.45. The molecule has 1 unspecified atom stereocenters. The molecule has 1 amide bonds. The number of halogens is 1. The Morgan fingerprint density at radius 2 is 1.47 bits per heavy atom. The molecule has 3 aromatic carbocycles. The van der Waals surface area contributed by atoms with Crippen molar-refractivity contribution in [1.29, 1.82) is 0 Å². The third-order valence-corrected chi connectivity index (χ3v) is 5.71. The van der Waals surface area contributed by atoms with Crippen LogP contribution >= 0.6 is 11.6 Å². The molecule has 5 nitrogen and oxygen atoms in total. The summed E-state index contributed by atoms with van der Waals surface area (Å²) in [6.07, 6.45) is 0. The Morgan fingerprint density at radius 3 is 2.03 bits per heavy atom. The summed E-state index contributed by atoms with van der Waals surface area (Å²) >= 11 is 6.10. The lowest BCUT2D eigenvalue weighted by atomic mass is 9.98. The molecule has 1 aliphatic heterocycles. The number of hydrogen-bond donors (Lipinski definition) is 1. The zero-order chi connectivity index (χ0) is 22.8. The van der Waals surface area contributed by atoms with Crippen molar-refractivity contribution in [2.24, 2.45) is 0 Å². The minimum Gasteiger partial charge on any atom is -0.466 e. The molecule has 0 spiro atoms. The van der Waals surface area contributed by atoms with Gasteiger partial charge in [-0.15, -0.1) is 0 Å². The van der Waals surface area contributed by atoms with Crippen molar-refractivity contribution in [2.45, 2.75) is 19.9 Å². The molecule has 0 aliphatic carbocycles. The number of amides is 1. The summed E-state index contributed by atoms with van der Waals surface area (Å²) in [7, 11) is 1.32. The van der Waals surface area contributed by atoms with E-state index in [2.05, 4.69) is 5.32 Å². The van der Waals surface area contributed by atoms with E-state index in [4.69, 9.17) is 16.3 Å². The zero-order valence-electron chi connectivity index (χ0n) is 18.1. The number of carbonyl (C=O) groups is 2. The summed E-state index contributed by atoms with van der Waals surface area (Å²) < 4.78 is 5.11. The van der Waals surface area contributed by atoms with Crippen LogP contribution in [0.4, 0.5) is 11.4 Å². The average molecular weight is 447 g/mol.